The summed E-state index contributed by atoms with van der Waals surface area (Å²) in [6, 6.07) is 3.82. The lowest BCUT2D eigenvalue weighted by Crippen LogP contribution is -2.48. The van der Waals surface area contributed by atoms with Crippen molar-refractivity contribution in [2.75, 3.05) is 26.2 Å². The molecule has 0 aliphatic carbocycles. The molecule has 1 aliphatic rings. The lowest BCUT2D eigenvalue weighted by Gasteiger charge is -2.27. The highest BCUT2D eigenvalue weighted by Crippen LogP contribution is 2.08. The molecule has 1 aliphatic heterocycles. The van der Waals surface area contributed by atoms with Crippen LogP contribution in [0.3, 0.4) is 0 Å². The van der Waals surface area contributed by atoms with Crippen molar-refractivity contribution >= 4 is 16.8 Å². The molecule has 7 heteroatoms. The van der Waals surface area contributed by atoms with Gasteiger partial charge in [-0.05, 0) is 12.1 Å². The normalized spacial score (nSPS) is 15.4. The minimum Gasteiger partial charge on any atom is -0.339 e. The van der Waals surface area contributed by atoms with E-state index >= 15 is 0 Å². The number of carbonyl (C=O) groups excluding carboxylic acids is 1. The van der Waals surface area contributed by atoms with Crippen LogP contribution in [-0.2, 0) is 11.3 Å². The van der Waals surface area contributed by atoms with Crippen LogP contribution in [0.1, 0.15) is 0 Å². The number of hydrogen-bond acceptors (Lipinski definition) is 4. The predicted molar refractivity (Wildman–Crippen MR) is 75.4 cm³/mol. The Kier molecular flexibility index (Phi) is 3.66. The van der Waals surface area contributed by atoms with Crippen LogP contribution in [0.5, 0.6) is 0 Å². The minimum atomic E-state index is -0.441. The maximum Gasteiger partial charge on any atom is 0.261 e. The van der Waals surface area contributed by atoms with Crippen LogP contribution < -0.4 is 10.9 Å². The number of benzene rings is 1. The molecular weight excluding hydrogens is 275 g/mol. The molecule has 0 saturated carbocycles. The summed E-state index contributed by atoms with van der Waals surface area (Å²) in [6.07, 6.45) is 1.30. The van der Waals surface area contributed by atoms with Crippen molar-refractivity contribution in [3.63, 3.8) is 0 Å². The van der Waals surface area contributed by atoms with E-state index in [1.165, 1.54) is 29.1 Å². The Labute approximate surface area is 120 Å². The maximum absolute atomic E-state index is 13.1. The molecule has 1 N–H and O–H groups in total. The second-order valence-corrected chi connectivity index (χ2v) is 4.97. The summed E-state index contributed by atoms with van der Waals surface area (Å²) in [4.78, 5) is 30.2. The van der Waals surface area contributed by atoms with Crippen molar-refractivity contribution in [1.82, 2.24) is 19.8 Å². The maximum atomic E-state index is 13.1. The molecule has 1 fully saturated rings. The third kappa shape index (κ3) is 2.78. The highest BCUT2D eigenvalue weighted by molar-refractivity contribution is 5.79. The van der Waals surface area contributed by atoms with E-state index in [0.29, 0.717) is 24.0 Å². The van der Waals surface area contributed by atoms with Gasteiger partial charge in [0.1, 0.15) is 12.4 Å². The van der Waals surface area contributed by atoms with Crippen molar-refractivity contribution in [3.8, 4) is 0 Å². The SMILES string of the molecule is O=C(Cn1cnc2cc(F)ccc2c1=O)N1CCNCC1. The second kappa shape index (κ2) is 5.61. The fraction of sp³-hybridized carbons (Fsp3) is 0.357. The van der Waals surface area contributed by atoms with Gasteiger partial charge in [-0.15, -0.1) is 0 Å². The van der Waals surface area contributed by atoms with Crippen LogP contribution in [0.2, 0.25) is 0 Å². The lowest BCUT2D eigenvalue weighted by atomic mass is 10.2. The number of piperazine rings is 1. The zero-order valence-corrected chi connectivity index (χ0v) is 11.4. The van der Waals surface area contributed by atoms with E-state index in [-0.39, 0.29) is 18.0 Å². The van der Waals surface area contributed by atoms with Gasteiger partial charge in [-0.25, -0.2) is 9.37 Å². The molecule has 6 nitrogen and oxygen atoms in total. The lowest BCUT2D eigenvalue weighted by molar-refractivity contribution is -0.132. The molecule has 2 heterocycles. The number of aromatic nitrogens is 2. The van der Waals surface area contributed by atoms with Gasteiger partial charge >= 0.3 is 0 Å². The quantitative estimate of drug-likeness (QED) is 0.843. The number of halogens is 1. The van der Waals surface area contributed by atoms with Crippen molar-refractivity contribution < 1.29 is 9.18 Å². The van der Waals surface area contributed by atoms with E-state index in [9.17, 15) is 14.0 Å². The Balaban J connectivity index is 1.87. The number of fused-ring (bicyclic) bond motifs is 1. The number of carbonyl (C=O) groups is 1. The van der Waals surface area contributed by atoms with Gasteiger partial charge in [-0.1, -0.05) is 0 Å². The van der Waals surface area contributed by atoms with Crippen LogP contribution in [0.25, 0.3) is 10.9 Å². The third-order valence-corrected chi connectivity index (χ3v) is 3.56. The first-order chi connectivity index (χ1) is 10.1. The Hall–Kier alpha value is -2.28. The number of rotatable bonds is 2. The van der Waals surface area contributed by atoms with Crippen molar-refractivity contribution in [1.29, 1.82) is 0 Å². The summed E-state index contributed by atoms with van der Waals surface area (Å²) >= 11 is 0. The Morgan fingerprint density at radius 2 is 2.10 bits per heavy atom. The van der Waals surface area contributed by atoms with Gasteiger partial charge < -0.3 is 10.2 Å². The average Bonchev–Trinajstić information content (AvgIpc) is 2.51. The Morgan fingerprint density at radius 1 is 1.33 bits per heavy atom. The van der Waals surface area contributed by atoms with Gasteiger partial charge in [-0.2, -0.15) is 0 Å². The van der Waals surface area contributed by atoms with Gasteiger partial charge in [0, 0.05) is 32.2 Å². The average molecular weight is 290 g/mol. The van der Waals surface area contributed by atoms with E-state index < -0.39 is 5.82 Å². The molecule has 21 heavy (non-hydrogen) atoms. The van der Waals surface area contributed by atoms with E-state index in [0.717, 1.165) is 13.1 Å². The van der Waals surface area contributed by atoms with E-state index in [4.69, 9.17) is 0 Å². The highest BCUT2D eigenvalue weighted by Gasteiger charge is 2.17. The molecular formula is C14H15FN4O2. The largest absolute Gasteiger partial charge is 0.339 e. The zero-order chi connectivity index (χ0) is 14.8. The summed E-state index contributed by atoms with van der Waals surface area (Å²) in [5, 5.41) is 3.48. The molecule has 0 bridgehead atoms. The fourth-order valence-electron chi connectivity index (χ4n) is 2.40. The van der Waals surface area contributed by atoms with Gasteiger partial charge in [0.15, 0.2) is 0 Å². The van der Waals surface area contributed by atoms with Crippen LogP contribution in [0, 0.1) is 5.82 Å². The molecule has 1 amide bonds. The van der Waals surface area contributed by atoms with Crippen LogP contribution >= 0.6 is 0 Å². The highest BCUT2D eigenvalue weighted by atomic mass is 19.1. The number of nitrogens with one attached hydrogen (secondary N) is 1. The molecule has 0 unspecified atom stereocenters. The summed E-state index contributed by atoms with van der Waals surface area (Å²) < 4.78 is 14.4. The Morgan fingerprint density at radius 3 is 2.86 bits per heavy atom. The second-order valence-electron chi connectivity index (χ2n) is 4.97. The van der Waals surface area contributed by atoms with Crippen molar-refractivity contribution in [2.45, 2.75) is 6.54 Å². The van der Waals surface area contributed by atoms with Gasteiger partial charge in [0.25, 0.3) is 5.56 Å². The van der Waals surface area contributed by atoms with Gasteiger partial charge in [0.05, 0.1) is 17.2 Å². The first-order valence-corrected chi connectivity index (χ1v) is 6.78. The molecule has 110 valence electrons. The molecule has 1 aromatic carbocycles. The Bertz CT molecular complexity index is 737. The smallest absolute Gasteiger partial charge is 0.261 e. The monoisotopic (exact) mass is 290 g/mol. The molecule has 0 radical (unpaired) electrons. The van der Waals surface area contributed by atoms with Crippen LogP contribution in [-0.4, -0.2) is 46.5 Å². The number of amides is 1. The molecule has 1 saturated heterocycles. The van der Waals surface area contributed by atoms with Crippen molar-refractivity contribution in [2.24, 2.45) is 0 Å². The molecule has 1 aromatic heterocycles. The van der Waals surface area contributed by atoms with Gasteiger partial charge in [-0.3, -0.25) is 14.2 Å². The molecule has 0 spiro atoms. The topological polar surface area (TPSA) is 67.2 Å². The van der Waals surface area contributed by atoms with E-state index in [1.54, 1.807) is 4.90 Å². The molecule has 0 atom stereocenters. The minimum absolute atomic E-state index is 0.0425. The first-order valence-electron chi connectivity index (χ1n) is 6.78. The van der Waals surface area contributed by atoms with E-state index in [1.807, 2.05) is 0 Å². The first kappa shape index (κ1) is 13.7. The summed E-state index contributed by atoms with van der Waals surface area (Å²) in [5.41, 5.74) is -0.0330. The standard InChI is InChI=1S/C14H15FN4O2/c15-10-1-2-11-12(7-10)17-9-19(14(11)21)8-13(20)18-5-3-16-4-6-18/h1-2,7,9,16H,3-6,8H2. The van der Waals surface area contributed by atoms with Crippen LogP contribution in [0.15, 0.2) is 29.3 Å². The van der Waals surface area contributed by atoms with E-state index in [2.05, 4.69) is 10.3 Å². The summed E-state index contributed by atoms with van der Waals surface area (Å²) in [6.45, 7) is 2.75. The van der Waals surface area contributed by atoms with Crippen LogP contribution in [0.4, 0.5) is 4.39 Å². The predicted octanol–water partition coefficient (Wildman–Crippen LogP) is -0.0326. The van der Waals surface area contributed by atoms with Gasteiger partial charge in [0.2, 0.25) is 5.91 Å². The summed E-state index contributed by atoms with van der Waals surface area (Å²) in [7, 11) is 0. The summed E-state index contributed by atoms with van der Waals surface area (Å²) in [5.74, 6) is -0.550. The number of nitrogens with zero attached hydrogens (tertiary/aromatic N) is 3. The molecule has 2 aromatic rings. The third-order valence-electron chi connectivity index (χ3n) is 3.56. The van der Waals surface area contributed by atoms with Crippen molar-refractivity contribution in [3.05, 3.63) is 40.7 Å². The molecule has 3 rings (SSSR count). The number of hydrogen-bond donors (Lipinski definition) is 1. The fourth-order valence-corrected chi connectivity index (χ4v) is 2.40. The zero-order valence-electron chi connectivity index (χ0n) is 11.4.